The zero-order valence-electron chi connectivity index (χ0n) is 11.6. The number of nitrogens with zero attached hydrogens (tertiary/aromatic N) is 1. The molecule has 1 saturated carbocycles. The molecule has 3 rings (SSSR count). The zero-order valence-corrected chi connectivity index (χ0v) is 12.3. The predicted octanol–water partition coefficient (Wildman–Crippen LogP) is 4.33. The lowest BCUT2D eigenvalue weighted by molar-refractivity contribution is 0.271. The van der Waals surface area contributed by atoms with Gasteiger partial charge in [-0.15, -0.1) is 0 Å². The highest BCUT2D eigenvalue weighted by molar-refractivity contribution is 6.30. The summed E-state index contributed by atoms with van der Waals surface area (Å²) in [5.41, 5.74) is 2.61. The first kappa shape index (κ1) is 13.6. The van der Waals surface area contributed by atoms with E-state index in [1.165, 1.54) is 24.0 Å². The van der Waals surface area contributed by atoms with Crippen LogP contribution in [0.1, 0.15) is 42.9 Å². The Bertz CT molecular complexity index is 564. The number of pyridine rings is 1. The van der Waals surface area contributed by atoms with Crippen molar-refractivity contribution in [2.24, 2.45) is 0 Å². The van der Waals surface area contributed by atoms with Crippen molar-refractivity contribution in [1.29, 1.82) is 0 Å². The van der Waals surface area contributed by atoms with Gasteiger partial charge >= 0.3 is 0 Å². The summed E-state index contributed by atoms with van der Waals surface area (Å²) in [5.74, 6) is 0.646. The van der Waals surface area contributed by atoms with Crippen LogP contribution in [0.4, 0.5) is 0 Å². The molecule has 1 N–H and O–H groups in total. The first-order valence-corrected chi connectivity index (χ1v) is 7.51. The minimum Gasteiger partial charge on any atom is -0.307 e. The van der Waals surface area contributed by atoms with Crippen LogP contribution in [0.2, 0.25) is 5.02 Å². The molecule has 1 atom stereocenters. The van der Waals surface area contributed by atoms with E-state index in [1.807, 2.05) is 30.6 Å². The molecule has 1 aliphatic rings. The van der Waals surface area contributed by atoms with Crippen LogP contribution in [0.15, 0.2) is 48.8 Å². The molecule has 0 spiro atoms. The second-order valence-corrected chi connectivity index (χ2v) is 6.03. The molecule has 0 bridgehead atoms. The Morgan fingerprint density at radius 2 is 2.10 bits per heavy atom. The van der Waals surface area contributed by atoms with Gasteiger partial charge < -0.3 is 5.32 Å². The van der Waals surface area contributed by atoms with Crippen LogP contribution in [0.25, 0.3) is 0 Å². The van der Waals surface area contributed by atoms with E-state index in [0.29, 0.717) is 18.0 Å². The molecule has 20 heavy (non-hydrogen) atoms. The lowest BCUT2D eigenvalue weighted by Gasteiger charge is -2.38. The molecule has 2 nitrogen and oxygen atoms in total. The summed E-state index contributed by atoms with van der Waals surface area (Å²) in [7, 11) is 0. The third kappa shape index (κ3) is 3.02. The Hall–Kier alpha value is -1.38. The fourth-order valence-electron chi connectivity index (χ4n) is 2.87. The molecule has 104 valence electrons. The Balaban J connectivity index is 1.54. The fraction of sp³-hybridized carbons (Fsp3) is 0.353. The third-order valence-electron chi connectivity index (χ3n) is 4.13. The van der Waals surface area contributed by atoms with Crippen molar-refractivity contribution in [3.63, 3.8) is 0 Å². The van der Waals surface area contributed by atoms with Crippen LogP contribution in [-0.2, 0) is 0 Å². The topological polar surface area (TPSA) is 24.9 Å². The molecule has 0 amide bonds. The highest BCUT2D eigenvalue weighted by atomic mass is 35.5. The molecule has 0 saturated heterocycles. The first-order chi connectivity index (χ1) is 9.72. The van der Waals surface area contributed by atoms with Gasteiger partial charge in [-0.1, -0.05) is 29.8 Å². The second-order valence-electron chi connectivity index (χ2n) is 5.59. The minimum absolute atomic E-state index is 0.356. The van der Waals surface area contributed by atoms with E-state index in [9.17, 15) is 0 Å². The summed E-state index contributed by atoms with van der Waals surface area (Å²) in [4.78, 5) is 4.17. The SMILES string of the molecule is C[C@H](NC1CC(c2cccc(Cl)c2)C1)c1cccnc1. The summed E-state index contributed by atoms with van der Waals surface area (Å²) < 4.78 is 0. The number of hydrogen-bond acceptors (Lipinski definition) is 2. The number of halogens is 1. The van der Waals surface area contributed by atoms with Crippen molar-refractivity contribution in [2.45, 2.75) is 37.8 Å². The van der Waals surface area contributed by atoms with Crippen molar-refractivity contribution in [3.8, 4) is 0 Å². The smallest absolute Gasteiger partial charge is 0.0408 e. The lowest BCUT2D eigenvalue weighted by atomic mass is 9.75. The van der Waals surface area contributed by atoms with Crippen LogP contribution < -0.4 is 5.32 Å². The zero-order chi connectivity index (χ0) is 13.9. The van der Waals surface area contributed by atoms with Crippen LogP contribution in [0.5, 0.6) is 0 Å². The third-order valence-corrected chi connectivity index (χ3v) is 4.36. The average Bonchev–Trinajstić information content (AvgIpc) is 2.43. The Morgan fingerprint density at radius 1 is 1.25 bits per heavy atom. The number of hydrogen-bond donors (Lipinski definition) is 1. The molecule has 1 heterocycles. The molecule has 0 unspecified atom stereocenters. The highest BCUT2D eigenvalue weighted by Gasteiger charge is 2.31. The van der Waals surface area contributed by atoms with Gasteiger partial charge in [0, 0.05) is 29.5 Å². The summed E-state index contributed by atoms with van der Waals surface area (Å²) >= 11 is 6.05. The Morgan fingerprint density at radius 3 is 2.80 bits per heavy atom. The van der Waals surface area contributed by atoms with E-state index in [1.54, 1.807) is 0 Å². The van der Waals surface area contributed by atoms with E-state index in [2.05, 4.69) is 35.4 Å². The van der Waals surface area contributed by atoms with Gasteiger partial charge in [-0.25, -0.2) is 0 Å². The van der Waals surface area contributed by atoms with Crippen molar-refractivity contribution in [1.82, 2.24) is 10.3 Å². The van der Waals surface area contributed by atoms with Crippen molar-refractivity contribution in [2.75, 3.05) is 0 Å². The lowest BCUT2D eigenvalue weighted by Crippen LogP contribution is -2.41. The van der Waals surface area contributed by atoms with Gasteiger partial charge in [0.15, 0.2) is 0 Å². The molecule has 1 aromatic carbocycles. The number of nitrogens with one attached hydrogen (secondary N) is 1. The van der Waals surface area contributed by atoms with Crippen molar-refractivity contribution in [3.05, 3.63) is 64.9 Å². The normalized spacial score (nSPS) is 23.1. The maximum absolute atomic E-state index is 6.05. The van der Waals surface area contributed by atoms with Gasteiger partial charge in [0.2, 0.25) is 0 Å². The minimum atomic E-state index is 0.356. The molecule has 1 aromatic heterocycles. The highest BCUT2D eigenvalue weighted by Crippen LogP contribution is 2.38. The molecule has 0 radical (unpaired) electrons. The molecular weight excluding hydrogens is 268 g/mol. The van der Waals surface area contributed by atoms with E-state index < -0.39 is 0 Å². The maximum Gasteiger partial charge on any atom is 0.0408 e. The fourth-order valence-corrected chi connectivity index (χ4v) is 3.07. The summed E-state index contributed by atoms with van der Waals surface area (Å²) in [6, 6.07) is 13.3. The van der Waals surface area contributed by atoms with Crippen molar-refractivity contribution < 1.29 is 0 Å². The van der Waals surface area contributed by atoms with Crippen LogP contribution in [-0.4, -0.2) is 11.0 Å². The maximum atomic E-state index is 6.05. The largest absolute Gasteiger partial charge is 0.307 e. The summed E-state index contributed by atoms with van der Waals surface area (Å²) in [5, 5.41) is 4.51. The Labute approximate surface area is 125 Å². The molecule has 1 fully saturated rings. The Kier molecular flexibility index (Phi) is 4.04. The van der Waals surface area contributed by atoms with E-state index in [4.69, 9.17) is 11.6 Å². The number of benzene rings is 1. The van der Waals surface area contributed by atoms with Gasteiger partial charge in [0.05, 0.1) is 0 Å². The van der Waals surface area contributed by atoms with Gasteiger partial charge in [-0.3, -0.25) is 4.98 Å². The predicted molar refractivity (Wildman–Crippen MR) is 83.0 cm³/mol. The van der Waals surface area contributed by atoms with Gasteiger partial charge in [-0.05, 0) is 55.0 Å². The summed E-state index contributed by atoms with van der Waals surface area (Å²) in [6.07, 6.45) is 6.12. The molecular formula is C17H19ClN2. The molecule has 1 aliphatic carbocycles. The van der Waals surface area contributed by atoms with Crippen LogP contribution in [0.3, 0.4) is 0 Å². The monoisotopic (exact) mass is 286 g/mol. The second kappa shape index (κ2) is 5.94. The van der Waals surface area contributed by atoms with E-state index in [-0.39, 0.29) is 0 Å². The first-order valence-electron chi connectivity index (χ1n) is 7.14. The van der Waals surface area contributed by atoms with Crippen LogP contribution in [0, 0.1) is 0 Å². The number of rotatable bonds is 4. The van der Waals surface area contributed by atoms with Crippen molar-refractivity contribution >= 4 is 11.6 Å². The van der Waals surface area contributed by atoms with Gasteiger partial charge in [0.1, 0.15) is 0 Å². The van der Waals surface area contributed by atoms with E-state index >= 15 is 0 Å². The van der Waals surface area contributed by atoms with E-state index in [0.717, 1.165) is 5.02 Å². The van der Waals surface area contributed by atoms with Gasteiger partial charge in [-0.2, -0.15) is 0 Å². The molecule has 2 aromatic rings. The number of aromatic nitrogens is 1. The average molecular weight is 287 g/mol. The quantitative estimate of drug-likeness (QED) is 0.905. The summed E-state index contributed by atoms with van der Waals surface area (Å²) in [6.45, 7) is 2.20. The molecule has 0 aliphatic heterocycles. The van der Waals surface area contributed by atoms with Crippen LogP contribution >= 0.6 is 11.6 Å². The standard InChI is InChI=1S/C17H19ClN2/c1-12(14-5-3-7-19-11-14)20-17-9-15(10-17)13-4-2-6-16(18)8-13/h2-8,11-12,15,17,20H,9-10H2,1H3/t12-,15?,17?/m0/s1. The molecule has 3 heteroatoms. The van der Waals surface area contributed by atoms with Gasteiger partial charge in [0.25, 0.3) is 0 Å².